The maximum Gasteiger partial charge on any atom is 0.0447 e. The van der Waals surface area contributed by atoms with Gasteiger partial charge in [0.2, 0.25) is 0 Å². The van der Waals surface area contributed by atoms with Crippen molar-refractivity contribution in [3.63, 3.8) is 0 Å². The molecule has 1 aliphatic rings. The van der Waals surface area contributed by atoms with E-state index in [4.69, 9.17) is 5.73 Å². The summed E-state index contributed by atoms with van der Waals surface area (Å²) in [7, 11) is 0. The standard InChI is InChI=1S/C16H26N2/c1-13(16-10-6-7-11-18-16)15(17)12-14-8-4-2-3-5-9-14/h6-7,10-11,13-15H,2-5,8-9,12,17H2,1H3. The summed E-state index contributed by atoms with van der Waals surface area (Å²) >= 11 is 0. The van der Waals surface area contributed by atoms with E-state index >= 15 is 0 Å². The van der Waals surface area contributed by atoms with Crippen LogP contribution in [0.3, 0.4) is 0 Å². The molecule has 1 aromatic rings. The highest BCUT2D eigenvalue weighted by Crippen LogP contribution is 2.29. The van der Waals surface area contributed by atoms with E-state index in [1.165, 1.54) is 38.5 Å². The van der Waals surface area contributed by atoms with Crippen molar-refractivity contribution in [1.29, 1.82) is 0 Å². The monoisotopic (exact) mass is 246 g/mol. The third-order valence-electron chi connectivity index (χ3n) is 4.38. The van der Waals surface area contributed by atoms with Crippen molar-refractivity contribution < 1.29 is 0 Å². The van der Waals surface area contributed by atoms with Crippen LogP contribution in [0.15, 0.2) is 24.4 Å². The minimum absolute atomic E-state index is 0.253. The van der Waals surface area contributed by atoms with Gasteiger partial charge < -0.3 is 5.73 Å². The molecule has 1 saturated carbocycles. The molecule has 2 heteroatoms. The molecule has 1 fully saturated rings. The van der Waals surface area contributed by atoms with E-state index in [0.29, 0.717) is 5.92 Å². The number of nitrogens with zero attached hydrogens (tertiary/aromatic N) is 1. The van der Waals surface area contributed by atoms with Gasteiger partial charge in [0.1, 0.15) is 0 Å². The number of aromatic nitrogens is 1. The summed E-state index contributed by atoms with van der Waals surface area (Å²) in [5.41, 5.74) is 7.53. The van der Waals surface area contributed by atoms with Crippen molar-refractivity contribution in [3.8, 4) is 0 Å². The molecule has 0 bridgehead atoms. The second-order valence-corrected chi connectivity index (χ2v) is 5.80. The molecule has 0 spiro atoms. The Morgan fingerprint density at radius 1 is 1.22 bits per heavy atom. The zero-order valence-corrected chi connectivity index (χ0v) is 11.5. The van der Waals surface area contributed by atoms with Crippen LogP contribution in [-0.2, 0) is 0 Å². The molecule has 2 unspecified atom stereocenters. The lowest BCUT2D eigenvalue weighted by atomic mass is 9.86. The first-order valence-corrected chi connectivity index (χ1v) is 7.44. The number of hydrogen-bond acceptors (Lipinski definition) is 2. The van der Waals surface area contributed by atoms with Crippen molar-refractivity contribution >= 4 is 0 Å². The Kier molecular flexibility index (Phi) is 5.18. The molecule has 0 radical (unpaired) electrons. The molecule has 0 aliphatic heterocycles. The first kappa shape index (κ1) is 13.5. The lowest BCUT2D eigenvalue weighted by Crippen LogP contribution is -2.29. The summed E-state index contributed by atoms with van der Waals surface area (Å²) in [5, 5.41) is 0. The van der Waals surface area contributed by atoms with Crippen LogP contribution in [0.4, 0.5) is 0 Å². The van der Waals surface area contributed by atoms with Gasteiger partial charge in [0, 0.05) is 23.9 Å². The first-order valence-electron chi connectivity index (χ1n) is 7.44. The van der Waals surface area contributed by atoms with E-state index < -0.39 is 0 Å². The largest absolute Gasteiger partial charge is 0.327 e. The van der Waals surface area contributed by atoms with Crippen molar-refractivity contribution in [1.82, 2.24) is 4.98 Å². The number of pyridine rings is 1. The average Bonchev–Trinajstić information content (AvgIpc) is 2.67. The number of nitrogens with two attached hydrogens (primary N) is 1. The third kappa shape index (κ3) is 3.81. The first-order chi connectivity index (χ1) is 8.77. The molecule has 2 nitrogen and oxygen atoms in total. The quantitative estimate of drug-likeness (QED) is 0.819. The predicted molar refractivity (Wildman–Crippen MR) is 76.4 cm³/mol. The van der Waals surface area contributed by atoms with Gasteiger partial charge in [0.15, 0.2) is 0 Å². The van der Waals surface area contributed by atoms with E-state index in [2.05, 4.69) is 24.0 Å². The third-order valence-corrected chi connectivity index (χ3v) is 4.38. The van der Waals surface area contributed by atoms with Gasteiger partial charge >= 0.3 is 0 Å². The Labute approximate surface area is 111 Å². The average molecular weight is 246 g/mol. The Morgan fingerprint density at radius 3 is 2.56 bits per heavy atom. The van der Waals surface area contributed by atoms with Gasteiger partial charge in [0.25, 0.3) is 0 Å². The van der Waals surface area contributed by atoms with Crippen LogP contribution in [0.5, 0.6) is 0 Å². The smallest absolute Gasteiger partial charge is 0.0447 e. The number of hydrogen-bond donors (Lipinski definition) is 1. The van der Waals surface area contributed by atoms with Gasteiger partial charge in [-0.1, -0.05) is 51.5 Å². The summed E-state index contributed by atoms with van der Waals surface area (Å²) in [5.74, 6) is 1.21. The molecule has 1 heterocycles. The van der Waals surface area contributed by atoms with Gasteiger partial charge in [0.05, 0.1) is 0 Å². The lowest BCUT2D eigenvalue weighted by Gasteiger charge is -2.24. The van der Waals surface area contributed by atoms with Crippen molar-refractivity contribution in [3.05, 3.63) is 30.1 Å². The normalized spacial score (nSPS) is 21.2. The fraction of sp³-hybridized carbons (Fsp3) is 0.688. The summed E-state index contributed by atoms with van der Waals surface area (Å²) in [6.07, 6.45) is 11.4. The van der Waals surface area contributed by atoms with Crippen molar-refractivity contribution in [2.24, 2.45) is 11.7 Å². The van der Waals surface area contributed by atoms with Crippen LogP contribution in [0.2, 0.25) is 0 Å². The van der Waals surface area contributed by atoms with E-state index in [0.717, 1.165) is 18.0 Å². The van der Waals surface area contributed by atoms with Gasteiger partial charge in [-0.25, -0.2) is 0 Å². The Balaban J connectivity index is 1.88. The minimum atomic E-state index is 0.253. The SMILES string of the molecule is CC(c1ccccn1)C(N)CC1CCCCCC1. The fourth-order valence-electron chi connectivity index (χ4n) is 3.05. The maximum atomic E-state index is 6.39. The molecular formula is C16H26N2. The fourth-order valence-corrected chi connectivity index (χ4v) is 3.05. The van der Waals surface area contributed by atoms with Crippen molar-refractivity contribution in [2.75, 3.05) is 0 Å². The van der Waals surface area contributed by atoms with Crippen molar-refractivity contribution in [2.45, 2.75) is 63.8 Å². The van der Waals surface area contributed by atoms with Gasteiger partial charge in [-0.15, -0.1) is 0 Å². The van der Waals surface area contributed by atoms with E-state index in [1.807, 2.05) is 12.3 Å². The molecule has 100 valence electrons. The van der Waals surface area contributed by atoms with E-state index in [1.54, 1.807) is 0 Å². The molecule has 0 saturated heterocycles. The van der Waals surface area contributed by atoms with Crippen LogP contribution < -0.4 is 5.73 Å². The summed E-state index contributed by atoms with van der Waals surface area (Å²) in [6.45, 7) is 2.21. The lowest BCUT2D eigenvalue weighted by molar-refractivity contribution is 0.364. The summed E-state index contributed by atoms with van der Waals surface area (Å²) in [4.78, 5) is 4.43. The molecule has 2 rings (SSSR count). The van der Waals surface area contributed by atoms with Crippen LogP contribution in [0, 0.1) is 5.92 Å². The van der Waals surface area contributed by atoms with Crippen LogP contribution in [0.1, 0.15) is 63.5 Å². The predicted octanol–water partition coefficient (Wildman–Crippen LogP) is 3.87. The zero-order chi connectivity index (χ0) is 12.8. The summed E-state index contributed by atoms with van der Waals surface area (Å²) < 4.78 is 0. The molecule has 2 N–H and O–H groups in total. The van der Waals surface area contributed by atoms with Gasteiger partial charge in [-0.2, -0.15) is 0 Å². The van der Waals surface area contributed by atoms with Crippen LogP contribution in [-0.4, -0.2) is 11.0 Å². The molecule has 1 aliphatic carbocycles. The molecular weight excluding hydrogens is 220 g/mol. The van der Waals surface area contributed by atoms with Crippen LogP contribution in [0.25, 0.3) is 0 Å². The molecule has 18 heavy (non-hydrogen) atoms. The van der Waals surface area contributed by atoms with Gasteiger partial charge in [-0.05, 0) is 24.5 Å². The Bertz CT molecular complexity index is 328. The Morgan fingerprint density at radius 2 is 1.94 bits per heavy atom. The highest BCUT2D eigenvalue weighted by Gasteiger charge is 2.21. The number of rotatable bonds is 4. The minimum Gasteiger partial charge on any atom is -0.327 e. The Hall–Kier alpha value is -0.890. The topological polar surface area (TPSA) is 38.9 Å². The second-order valence-electron chi connectivity index (χ2n) is 5.80. The highest BCUT2D eigenvalue weighted by molar-refractivity contribution is 5.10. The second kappa shape index (κ2) is 6.89. The molecule has 0 aromatic carbocycles. The highest BCUT2D eigenvalue weighted by atomic mass is 14.7. The van der Waals surface area contributed by atoms with Gasteiger partial charge in [-0.3, -0.25) is 4.98 Å². The zero-order valence-electron chi connectivity index (χ0n) is 11.5. The summed E-state index contributed by atoms with van der Waals surface area (Å²) in [6, 6.07) is 6.37. The maximum absolute atomic E-state index is 6.39. The molecule has 0 amide bonds. The van der Waals surface area contributed by atoms with E-state index in [9.17, 15) is 0 Å². The van der Waals surface area contributed by atoms with Crippen LogP contribution >= 0.6 is 0 Å². The molecule has 1 aromatic heterocycles. The van der Waals surface area contributed by atoms with E-state index in [-0.39, 0.29) is 6.04 Å². The molecule has 2 atom stereocenters.